The zero-order valence-electron chi connectivity index (χ0n) is 11.9. The molecule has 6 heteroatoms. The van der Waals surface area contributed by atoms with Gasteiger partial charge in [0, 0.05) is 38.1 Å². The van der Waals surface area contributed by atoms with Crippen LogP contribution in [0.4, 0.5) is 11.5 Å². The van der Waals surface area contributed by atoms with E-state index in [1.165, 1.54) is 5.69 Å². The number of hydrogen-bond acceptors (Lipinski definition) is 4. The van der Waals surface area contributed by atoms with E-state index in [1.54, 1.807) is 16.9 Å². The summed E-state index contributed by atoms with van der Waals surface area (Å²) in [6.07, 6.45) is 1.73. The molecule has 1 aliphatic rings. The molecule has 110 valence electrons. The molecule has 0 spiro atoms. The molecule has 2 aromatic rings. The molecule has 1 fully saturated rings. The van der Waals surface area contributed by atoms with Crippen LogP contribution >= 0.6 is 0 Å². The van der Waals surface area contributed by atoms with E-state index in [9.17, 15) is 4.79 Å². The fraction of sp³-hybridized carbons (Fsp3) is 0.333. The second-order valence-corrected chi connectivity index (χ2v) is 5.14. The third-order valence-electron chi connectivity index (χ3n) is 3.71. The van der Waals surface area contributed by atoms with Crippen molar-refractivity contribution >= 4 is 17.4 Å². The average Bonchev–Trinajstić information content (AvgIpc) is 2.93. The van der Waals surface area contributed by atoms with E-state index >= 15 is 0 Å². The second kappa shape index (κ2) is 5.87. The molecule has 1 aromatic heterocycles. The highest BCUT2D eigenvalue weighted by molar-refractivity contribution is 5.76. The number of nitrogen functional groups attached to an aromatic ring is 1. The maximum Gasteiger partial charge on any atom is 0.244 e. The lowest BCUT2D eigenvalue weighted by atomic mass is 10.2. The lowest BCUT2D eigenvalue weighted by Gasteiger charge is -2.36. The number of carbonyl (C=O) groups excluding carboxylic acids is 1. The number of aromatic nitrogens is 2. The summed E-state index contributed by atoms with van der Waals surface area (Å²) in [6, 6.07) is 12.0. The molecule has 6 nitrogen and oxygen atoms in total. The van der Waals surface area contributed by atoms with Crippen LogP contribution in [0.5, 0.6) is 0 Å². The SMILES string of the molecule is Nc1ccn(CC(=O)N2CCN(c3ccccc3)CC2)n1. The van der Waals surface area contributed by atoms with E-state index in [0.29, 0.717) is 5.82 Å². The Morgan fingerprint density at radius 2 is 1.81 bits per heavy atom. The number of amides is 1. The Morgan fingerprint density at radius 3 is 2.43 bits per heavy atom. The zero-order valence-corrected chi connectivity index (χ0v) is 11.9. The number of piperazine rings is 1. The van der Waals surface area contributed by atoms with Gasteiger partial charge < -0.3 is 15.5 Å². The highest BCUT2D eigenvalue weighted by atomic mass is 16.2. The van der Waals surface area contributed by atoms with Gasteiger partial charge in [-0.05, 0) is 18.2 Å². The summed E-state index contributed by atoms with van der Waals surface area (Å²) in [6.45, 7) is 3.45. The summed E-state index contributed by atoms with van der Waals surface area (Å²) >= 11 is 0. The predicted molar refractivity (Wildman–Crippen MR) is 81.9 cm³/mol. The normalized spacial score (nSPS) is 15.2. The van der Waals surface area contributed by atoms with Gasteiger partial charge in [0.15, 0.2) is 0 Å². The Balaban J connectivity index is 1.54. The van der Waals surface area contributed by atoms with E-state index in [4.69, 9.17) is 5.73 Å². The molecule has 2 heterocycles. The number of nitrogens with two attached hydrogens (primary N) is 1. The Kier molecular flexibility index (Phi) is 3.77. The van der Waals surface area contributed by atoms with Gasteiger partial charge in [-0.3, -0.25) is 9.48 Å². The largest absolute Gasteiger partial charge is 0.382 e. The van der Waals surface area contributed by atoms with Crippen LogP contribution in [0.25, 0.3) is 0 Å². The maximum atomic E-state index is 12.2. The van der Waals surface area contributed by atoms with Crippen molar-refractivity contribution in [1.82, 2.24) is 14.7 Å². The van der Waals surface area contributed by atoms with Gasteiger partial charge in [0.05, 0.1) is 0 Å². The number of para-hydroxylation sites is 1. The molecule has 1 saturated heterocycles. The van der Waals surface area contributed by atoms with Gasteiger partial charge in [0.1, 0.15) is 12.4 Å². The molecule has 0 atom stereocenters. The van der Waals surface area contributed by atoms with E-state index in [1.807, 2.05) is 23.1 Å². The fourth-order valence-electron chi connectivity index (χ4n) is 2.56. The lowest BCUT2D eigenvalue weighted by molar-refractivity contribution is -0.132. The highest BCUT2D eigenvalue weighted by Gasteiger charge is 2.21. The first-order valence-corrected chi connectivity index (χ1v) is 7.09. The molecule has 0 saturated carbocycles. The van der Waals surface area contributed by atoms with E-state index in [0.717, 1.165) is 26.2 Å². The summed E-state index contributed by atoms with van der Waals surface area (Å²) in [4.78, 5) is 16.4. The molecule has 2 N–H and O–H groups in total. The first kappa shape index (κ1) is 13.5. The average molecular weight is 285 g/mol. The Bertz CT molecular complexity index is 602. The van der Waals surface area contributed by atoms with Gasteiger partial charge in [-0.25, -0.2) is 0 Å². The van der Waals surface area contributed by atoms with Crippen LogP contribution in [-0.2, 0) is 11.3 Å². The highest BCUT2D eigenvalue weighted by Crippen LogP contribution is 2.15. The number of hydrogen-bond donors (Lipinski definition) is 1. The van der Waals surface area contributed by atoms with E-state index < -0.39 is 0 Å². The van der Waals surface area contributed by atoms with Crippen LogP contribution in [0.2, 0.25) is 0 Å². The van der Waals surface area contributed by atoms with Crippen LogP contribution in [0, 0.1) is 0 Å². The molecule has 1 aliphatic heterocycles. The first-order chi connectivity index (χ1) is 10.2. The van der Waals surface area contributed by atoms with Gasteiger partial charge in [-0.1, -0.05) is 18.2 Å². The quantitative estimate of drug-likeness (QED) is 0.906. The fourth-order valence-corrected chi connectivity index (χ4v) is 2.56. The molecule has 0 radical (unpaired) electrons. The van der Waals surface area contributed by atoms with Gasteiger partial charge in [0.2, 0.25) is 5.91 Å². The molecule has 21 heavy (non-hydrogen) atoms. The summed E-state index contributed by atoms with van der Waals surface area (Å²) in [7, 11) is 0. The van der Waals surface area contributed by atoms with E-state index in [2.05, 4.69) is 22.1 Å². The summed E-state index contributed by atoms with van der Waals surface area (Å²) in [5.41, 5.74) is 6.76. The second-order valence-electron chi connectivity index (χ2n) is 5.14. The third-order valence-corrected chi connectivity index (χ3v) is 3.71. The molecular formula is C15H19N5O. The third kappa shape index (κ3) is 3.16. The molecule has 3 rings (SSSR count). The molecule has 1 aromatic carbocycles. The van der Waals surface area contributed by atoms with Crippen molar-refractivity contribution in [3.63, 3.8) is 0 Å². The van der Waals surface area contributed by atoms with Crippen molar-refractivity contribution in [2.75, 3.05) is 36.8 Å². The van der Waals surface area contributed by atoms with Crippen molar-refractivity contribution in [2.45, 2.75) is 6.54 Å². The monoisotopic (exact) mass is 285 g/mol. The van der Waals surface area contributed by atoms with Crippen LogP contribution in [0.3, 0.4) is 0 Å². The zero-order chi connectivity index (χ0) is 14.7. The van der Waals surface area contributed by atoms with Gasteiger partial charge in [0.25, 0.3) is 0 Å². The van der Waals surface area contributed by atoms with Gasteiger partial charge in [-0.15, -0.1) is 0 Å². The molecule has 0 unspecified atom stereocenters. The Morgan fingerprint density at radius 1 is 1.10 bits per heavy atom. The smallest absolute Gasteiger partial charge is 0.244 e. The minimum Gasteiger partial charge on any atom is -0.382 e. The van der Waals surface area contributed by atoms with Crippen LogP contribution in [0.15, 0.2) is 42.6 Å². The standard InChI is InChI=1S/C15H19N5O/c16-14-6-7-20(17-14)12-15(21)19-10-8-18(9-11-19)13-4-2-1-3-5-13/h1-7H,8-12H2,(H2,16,17). The van der Waals surface area contributed by atoms with Gasteiger partial charge >= 0.3 is 0 Å². The van der Waals surface area contributed by atoms with Crippen LogP contribution in [0.1, 0.15) is 0 Å². The summed E-state index contributed by atoms with van der Waals surface area (Å²) in [5, 5.41) is 4.04. The van der Waals surface area contributed by atoms with Crippen LogP contribution in [-0.4, -0.2) is 46.8 Å². The topological polar surface area (TPSA) is 67.4 Å². The first-order valence-electron chi connectivity index (χ1n) is 7.09. The minimum absolute atomic E-state index is 0.0887. The van der Waals surface area contributed by atoms with Gasteiger partial charge in [-0.2, -0.15) is 5.10 Å². The molecule has 0 aliphatic carbocycles. The van der Waals surface area contributed by atoms with Crippen molar-refractivity contribution in [3.05, 3.63) is 42.6 Å². The number of anilines is 2. The number of benzene rings is 1. The Labute approximate surface area is 123 Å². The van der Waals surface area contributed by atoms with Crippen molar-refractivity contribution in [1.29, 1.82) is 0 Å². The number of rotatable bonds is 3. The van der Waals surface area contributed by atoms with Crippen LogP contribution < -0.4 is 10.6 Å². The Hall–Kier alpha value is -2.50. The maximum absolute atomic E-state index is 12.2. The van der Waals surface area contributed by atoms with Crippen molar-refractivity contribution < 1.29 is 4.79 Å². The van der Waals surface area contributed by atoms with E-state index in [-0.39, 0.29) is 12.5 Å². The summed E-state index contributed by atoms with van der Waals surface area (Å²) < 4.78 is 1.58. The lowest BCUT2D eigenvalue weighted by Crippen LogP contribution is -2.49. The summed E-state index contributed by atoms with van der Waals surface area (Å²) in [5.74, 6) is 0.530. The molecule has 0 bridgehead atoms. The van der Waals surface area contributed by atoms with Crippen molar-refractivity contribution in [2.24, 2.45) is 0 Å². The number of nitrogens with zero attached hydrogens (tertiary/aromatic N) is 4. The number of carbonyl (C=O) groups is 1. The predicted octanol–water partition coefficient (Wildman–Crippen LogP) is 0.814. The minimum atomic E-state index is 0.0887. The molecule has 1 amide bonds. The molecular weight excluding hydrogens is 266 g/mol. The van der Waals surface area contributed by atoms with Crippen molar-refractivity contribution in [3.8, 4) is 0 Å².